The van der Waals surface area contributed by atoms with Crippen LogP contribution in [0.4, 0.5) is 25.0 Å². The van der Waals surface area contributed by atoms with Gasteiger partial charge in [0.15, 0.2) is 0 Å². The van der Waals surface area contributed by atoms with E-state index in [1.807, 2.05) is 0 Å². The predicted octanol–water partition coefficient (Wildman–Crippen LogP) is 2.91. The molecule has 0 aliphatic heterocycles. The van der Waals surface area contributed by atoms with Crippen molar-refractivity contribution < 1.29 is 23.1 Å². The number of methoxy groups -OCH3 is 1. The van der Waals surface area contributed by atoms with Crippen LogP contribution < -0.4 is 16.0 Å². The molecule has 8 heteroatoms. The maximum Gasteiger partial charge on any atom is 0.319 e. The van der Waals surface area contributed by atoms with E-state index in [4.69, 9.17) is 4.74 Å². The molecule has 0 bridgehead atoms. The highest BCUT2D eigenvalue weighted by Gasteiger charge is 2.09. The molecular formula is C18H19F2N3O3. The standard InChI is InChI=1S/C18H19F2N3O3/c1-26-11-17(24)22-12-5-7-13(8-6-12)23-18(25)21-10-9-14-15(19)3-2-4-16(14)20/h2-8H,9-11H2,1H3,(H,22,24)(H2,21,23,25). The van der Waals surface area contributed by atoms with Crippen LogP contribution in [0.3, 0.4) is 0 Å². The molecule has 0 atom stereocenters. The van der Waals surface area contributed by atoms with Crippen LogP contribution in [-0.4, -0.2) is 32.2 Å². The zero-order chi connectivity index (χ0) is 18.9. The molecule has 0 spiro atoms. The molecule has 0 unspecified atom stereocenters. The van der Waals surface area contributed by atoms with Crippen molar-refractivity contribution in [1.82, 2.24) is 5.32 Å². The quantitative estimate of drug-likeness (QED) is 0.708. The van der Waals surface area contributed by atoms with Gasteiger partial charge < -0.3 is 20.7 Å². The van der Waals surface area contributed by atoms with Crippen LogP contribution in [0.15, 0.2) is 42.5 Å². The molecule has 0 aliphatic rings. The SMILES string of the molecule is COCC(=O)Nc1ccc(NC(=O)NCCc2c(F)cccc2F)cc1. The minimum absolute atomic E-state index is 0.0381. The molecule has 3 N–H and O–H groups in total. The van der Waals surface area contributed by atoms with Gasteiger partial charge in [-0.1, -0.05) is 6.07 Å². The first-order chi connectivity index (χ1) is 12.5. The average molecular weight is 363 g/mol. The third kappa shape index (κ3) is 5.82. The van der Waals surface area contributed by atoms with E-state index >= 15 is 0 Å². The van der Waals surface area contributed by atoms with E-state index in [-0.39, 0.29) is 31.0 Å². The van der Waals surface area contributed by atoms with E-state index in [9.17, 15) is 18.4 Å². The first-order valence-corrected chi connectivity index (χ1v) is 7.86. The molecule has 0 fully saturated rings. The first kappa shape index (κ1) is 19.3. The van der Waals surface area contributed by atoms with Gasteiger partial charge in [-0.3, -0.25) is 4.79 Å². The molecule has 138 valence electrons. The molecule has 0 heterocycles. The van der Waals surface area contributed by atoms with Crippen molar-refractivity contribution in [2.24, 2.45) is 0 Å². The Labute approximate surface area is 149 Å². The summed E-state index contributed by atoms with van der Waals surface area (Å²) >= 11 is 0. The Morgan fingerprint density at radius 3 is 2.12 bits per heavy atom. The molecule has 2 rings (SSSR count). The summed E-state index contributed by atoms with van der Waals surface area (Å²) in [5, 5.41) is 7.74. The fourth-order valence-electron chi connectivity index (χ4n) is 2.21. The van der Waals surface area contributed by atoms with Crippen molar-refractivity contribution in [2.45, 2.75) is 6.42 Å². The van der Waals surface area contributed by atoms with Crippen LogP contribution >= 0.6 is 0 Å². The third-order valence-corrected chi connectivity index (χ3v) is 3.42. The number of carbonyl (C=O) groups is 2. The molecule has 2 aromatic carbocycles. The molecule has 0 aromatic heterocycles. The lowest BCUT2D eigenvalue weighted by Gasteiger charge is -2.10. The van der Waals surface area contributed by atoms with Crippen molar-refractivity contribution in [3.05, 3.63) is 59.7 Å². The number of urea groups is 1. The Kier molecular flexibility index (Phi) is 7.04. The van der Waals surface area contributed by atoms with Crippen molar-refractivity contribution in [3.8, 4) is 0 Å². The number of rotatable bonds is 7. The number of hydrogen-bond donors (Lipinski definition) is 3. The van der Waals surface area contributed by atoms with Gasteiger partial charge in [0.1, 0.15) is 18.2 Å². The Morgan fingerprint density at radius 2 is 1.54 bits per heavy atom. The predicted molar refractivity (Wildman–Crippen MR) is 94.0 cm³/mol. The van der Waals surface area contributed by atoms with E-state index in [1.54, 1.807) is 24.3 Å². The highest BCUT2D eigenvalue weighted by molar-refractivity contribution is 5.93. The molecule has 0 saturated carbocycles. The maximum atomic E-state index is 13.5. The molecule has 26 heavy (non-hydrogen) atoms. The summed E-state index contributed by atoms with van der Waals surface area (Å²) in [6, 6.07) is 9.59. The second-order valence-electron chi connectivity index (χ2n) is 5.39. The van der Waals surface area contributed by atoms with Gasteiger partial charge in [-0.05, 0) is 42.8 Å². The van der Waals surface area contributed by atoms with Gasteiger partial charge in [-0.15, -0.1) is 0 Å². The van der Waals surface area contributed by atoms with Crippen LogP contribution in [0.2, 0.25) is 0 Å². The Morgan fingerprint density at radius 1 is 0.962 bits per heavy atom. The summed E-state index contributed by atoms with van der Waals surface area (Å²) < 4.78 is 31.7. The van der Waals surface area contributed by atoms with Gasteiger partial charge in [-0.25, -0.2) is 13.6 Å². The third-order valence-electron chi connectivity index (χ3n) is 3.42. The van der Waals surface area contributed by atoms with Crippen LogP contribution in [-0.2, 0) is 16.0 Å². The topological polar surface area (TPSA) is 79.5 Å². The zero-order valence-electron chi connectivity index (χ0n) is 14.1. The Hall–Kier alpha value is -3.00. The van der Waals surface area contributed by atoms with Crippen molar-refractivity contribution in [2.75, 3.05) is 30.9 Å². The number of halogens is 2. The molecular weight excluding hydrogens is 344 g/mol. The van der Waals surface area contributed by atoms with Crippen LogP contribution in [0.1, 0.15) is 5.56 Å². The average Bonchev–Trinajstić information content (AvgIpc) is 2.59. The first-order valence-electron chi connectivity index (χ1n) is 7.86. The van der Waals surface area contributed by atoms with Gasteiger partial charge in [0.2, 0.25) is 5.91 Å². The minimum atomic E-state index is -0.640. The molecule has 2 aromatic rings. The lowest BCUT2D eigenvalue weighted by molar-refractivity contribution is -0.119. The highest BCUT2D eigenvalue weighted by Crippen LogP contribution is 2.14. The number of benzene rings is 2. The number of amides is 3. The molecule has 0 aliphatic carbocycles. The lowest BCUT2D eigenvalue weighted by atomic mass is 10.1. The summed E-state index contributed by atoms with van der Waals surface area (Å²) in [7, 11) is 1.42. The minimum Gasteiger partial charge on any atom is -0.375 e. The van der Waals surface area contributed by atoms with Crippen molar-refractivity contribution in [1.29, 1.82) is 0 Å². The molecule has 0 saturated heterocycles. The van der Waals surface area contributed by atoms with E-state index in [2.05, 4.69) is 16.0 Å². The smallest absolute Gasteiger partial charge is 0.319 e. The second kappa shape index (κ2) is 9.47. The van der Waals surface area contributed by atoms with Gasteiger partial charge in [0, 0.05) is 30.6 Å². The Balaban J connectivity index is 1.79. The van der Waals surface area contributed by atoms with E-state index in [0.717, 1.165) is 0 Å². The van der Waals surface area contributed by atoms with E-state index < -0.39 is 17.7 Å². The molecule has 3 amide bonds. The van der Waals surface area contributed by atoms with Crippen molar-refractivity contribution >= 4 is 23.3 Å². The van der Waals surface area contributed by atoms with Crippen LogP contribution in [0.5, 0.6) is 0 Å². The number of nitrogens with one attached hydrogen (secondary N) is 3. The van der Waals surface area contributed by atoms with Crippen LogP contribution in [0, 0.1) is 11.6 Å². The van der Waals surface area contributed by atoms with Gasteiger partial charge in [0.05, 0.1) is 0 Å². The van der Waals surface area contributed by atoms with Gasteiger partial charge >= 0.3 is 6.03 Å². The number of anilines is 2. The normalized spacial score (nSPS) is 10.3. The van der Waals surface area contributed by atoms with E-state index in [1.165, 1.54) is 25.3 Å². The fourth-order valence-corrected chi connectivity index (χ4v) is 2.21. The molecule has 0 radical (unpaired) electrons. The second-order valence-corrected chi connectivity index (χ2v) is 5.39. The summed E-state index contributed by atoms with van der Waals surface area (Å²) in [6.45, 7) is 0.0276. The summed E-state index contributed by atoms with van der Waals surface area (Å²) in [5.74, 6) is -1.57. The van der Waals surface area contributed by atoms with Gasteiger partial charge in [-0.2, -0.15) is 0 Å². The summed E-state index contributed by atoms with van der Waals surface area (Å²) in [4.78, 5) is 23.2. The highest BCUT2D eigenvalue weighted by atomic mass is 19.1. The fraction of sp³-hybridized carbons (Fsp3) is 0.222. The zero-order valence-corrected chi connectivity index (χ0v) is 14.1. The number of carbonyl (C=O) groups excluding carboxylic acids is 2. The van der Waals surface area contributed by atoms with E-state index in [0.29, 0.717) is 11.4 Å². The molecule has 6 nitrogen and oxygen atoms in total. The number of ether oxygens (including phenoxy) is 1. The Bertz CT molecular complexity index is 747. The summed E-state index contributed by atoms with van der Waals surface area (Å²) in [5.41, 5.74) is 1.00. The van der Waals surface area contributed by atoms with Crippen molar-refractivity contribution in [3.63, 3.8) is 0 Å². The summed E-state index contributed by atoms with van der Waals surface area (Å²) in [6.07, 6.45) is 0.0381. The number of hydrogen-bond acceptors (Lipinski definition) is 3. The lowest BCUT2D eigenvalue weighted by Crippen LogP contribution is -2.30. The van der Waals surface area contributed by atoms with Crippen LogP contribution in [0.25, 0.3) is 0 Å². The monoisotopic (exact) mass is 363 g/mol. The largest absolute Gasteiger partial charge is 0.375 e. The van der Waals surface area contributed by atoms with Gasteiger partial charge in [0.25, 0.3) is 0 Å². The maximum absolute atomic E-state index is 13.5.